The van der Waals surface area contributed by atoms with Gasteiger partial charge in [0, 0.05) is 31.7 Å². The van der Waals surface area contributed by atoms with Crippen LogP contribution in [0.4, 0.5) is 0 Å². The van der Waals surface area contributed by atoms with Crippen LogP contribution in [0.3, 0.4) is 0 Å². The fourth-order valence-electron chi connectivity index (χ4n) is 2.64. The van der Waals surface area contributed by atoms with Crippen LogP contribution in [0.2, 0.25) is 0 Å². The number of aryl methyl sites for hydroxylation is 1. The van der Waals surface area contributed by atoms with Gasteiger partial charge in [0.15, 0.2) is 9.84 Å². The largest absolute Gasteiger partial charge is 0.337 e. The zero-order valence-corrected chi connectivity index (χ0v) is 14.8. The molecule has 7 heteroatoms. The third kappa shape index (κ3) is 3.34. The Bertz CT molecular complexity index is 671. The first-order valence-electron chi connectivity index (χ1n) is 7.57. The van der Waals surface area contributed by atoms with E-state index in [2.05, 4.69) is 5.10 Å². The van der Waals surface area contributed by atoms with Crippen molar-refractivity contribution in [1.29, 1.82) is 0 Å². The molecule has 1 aromatic rings. The summed E-state index contributed by atoms with van der Waals surface area (Å²) >= 11 is 0. The lowest BCUT2D eigenvalue weighted by Gasteiger charge is -2.22. The molecule has 1 amide bonds. The van der Waals surface area contributed by atoms with Gasteiger partial charge in [0.1, 0.15) is 0 Å². The minimum Gasteiger partial charge on any atom is -0.337 e. The summed E-state index contributed by atoms with van der Waals surface area (Å²) in [5.41, 5.74) is 1.08. The molecule has 0 spiro atoms. The van der Waals surface area contributed by atoms with Gasteiger partial charge in [-0.1, -0.05) is 20.8 Å². The van der Waals surface area contributed by atoms with E-state index in [0.29, 0.717) is 18.5 Å². The number of aromatic nitrogens is 2. The number of amides is 1. The highest BCUT2D eigenvalue weighted by Gasteiger charge is 2.32. The Morgan fingerprint density at radius 1 is 1.32 bits per heavy atom. The van der Waals surface area contributed by atoms with Crippen LogP contribution in [-0.2, 0) is 22.3 Å². The first kappa shape index (κ1) is 17.0. The Morgan fingerprint density at radius 2 is 1.95 bits per heavy atom. The second-order valence-electron chi connectivity index (χ2n) is 7.07. The molecular weight excluding hydrogens is 302 g/mol. The summed E-state index contributed by atoms with van der Waals surface area (Å²) < 4.78 is 25.6. The third-order valence-corrected chi connectivity index (χ3v) is 6.33. The van der Waals surface area contributed by atoms with E-state index < -0.39 is 9.84 Å². The number of carbonyl (C=O) groups is 1. The molecule has 2 heterocycles. The van der Waals surface area contributed by atoms with Crippen molar-refractivity contribution in [3.8, 4) is 0 Å². The van der Waals surface area contributed by atoms with Gasteiger partial charge in [0.2, 0.25) is 0 Å². The number of hydrogen-bond donors (Lipinski definition) is 0. The quantitative estimate of drug-likeness (QED) is 0.781. The molecular formula is C15H25N3O3S. The summed E-state index contributed by atoms with van der Waals surface area (Å²) in [6.45, 7) is 8.48. The molecule has 0 radical (unpaired) electrons. The topological polar surface area (TPSA) is 72.3 Å². The summed E-state index contributed by atoms with van der Waals surface area (Å²) in [6.07, 6.45) is 2.21. The maximum absolute atomic E-state index is 12.8. The maximum Gasteiger partial charge on any atom is 0.257 e. The monoisotopic (exact) mass is 327 g/mol. The normalized spacial score (nSPS) is 22.4. The summed E-state index contributed by atoms with van der Waals surface area (Å²) in [7, 11) is -1.30. The average Bonchev–Trinajstić information content (AvgIpc) is 2.73. The van der Waals surface area contributed by atoms with Crippen molar-refractivity contribution in [2.45, 2.75) is 44.8 Å². The predicted octanol–water partition coefficient (Wildman–Crippen LogP) is 1.37. The minimum atomic E-state index is -3.09. The predicted molar refractivity (Wildman–Crippen MR) is 85.7 cm³/mol. The Balaban J connectivity index is 2.30. The molecule has 1 fully saturated rings. The number of nitrogens with zero attached hydrogens (tertiary/aromatic N) is 3. The molecule has 1 atom stereocenters. The van der Waals surface area contributed by atoms with Gasteiger partial charge in [-0.15, -0.1) is 0 Å². The highest BCUT2D eigenvalue weighted by atomic mass is 32.2. The van der Waals surface area contributed by atoms with Crippen LogP contribution in [-0.4, -0.2) is 53.1 Å². The van der Waals surface area contributed by atoms with Crippen LogP contribution in [0.15, 0.2) is 6.20 Å². The molecule has 0 unspecified atom stereocenters. The van der Waals surface area contributed by atoms with Gasteiger partial charge in [-0.05, 0) is 13.3 Å². The minimum absolute atomic E-state index is 0.0328. The molecule has 1 aliphatic rings. The van der Waals surface area contributed by atoms with Crippen LogP contribution < -0.4 is 0 Å². The molecule has 6 nitrogen and oxygen atoms in total. The lowest BCUT2D eigenvalue weighted by molar-refractivity contribution is 0.0764. The molecule has 1 aromatic heterocycles. The molecule has 1 saturated heterocycles. The number of rotatable bonds is 1. The summed E-state index contributed by atoms with van der Waals surface area (Å²) in [5, 5.41) is 4.03. The van der Waals surface area contributed by atoms with Crippen molar-refractivity contribution in [3.63, 3.8) is 0 Å². The fraction of sp³-hybridized carbons (Fsp3) is 0.733. The molecule has 0 saturated carbocycles. The van der Waals surface area contributed by atoms with Gasteiger partial charge in [-0.3, -0.25) is 9.48 Å². The highest BCUT2D eigenvalue weighted by Crippen LogP contribution is 2.26. The van der Waals surface area contributed by atoms with Gasteiger partial charge in [-0.2, -0.15) is 5.10 Å². The van der Waals surface area contributed by atoms with Crippen LogP contribution in [0.5, 0.6) is 0 Å². The highest BCUT2D eigenvalue weighted by molar-refractivity contribution is 7.92. The van der Waals surface area contributed by atoms with Crippen molar-refractivity contribution < 1.29 is 13.2 Å². The van der Waals surface area contributed by atoms with E-state index in [1.165, 1.54) is 0 Å². The van der Waals surface area contributed by atoms with Crippen LogP contribution >= 0.6 is 0 Å². The Labute approximate surface area is 132 Å². The maximum atomic E-state index is 12.8. The molecule has 0 aromatic carbocycles. The van der Waals surface area contributed by atoms with Crippen LogP contribution in [0.1, 0.15) is 50.2 Å². The summed E-state index contributed by atoms with van der Waals surface area (Å²) in [6, 6.07) is 0. The Kier molecular flexibility index (Phi) is 4.39. The van der Waals surface area contributed by atoms with E-state index in [4.69, 9.17) is 0 Å². The molecule has 0 N–H and O–H groups in total. The van der Waals surface area contributed by atoms with E-state index in [1.807, 2.05) is 20.8 Å². The van der Waals surface area contributed by atoms with E-state index >= 15 is 0 Å². The number of carbonyl (C=O) groups excluding carboxylic acids is 1. The van der Waals surface area contributed by atoms with Crippen molar-refractivity contribution in [2.75, 3.05) is 18.8 Å². The molecule has 22 heavy (non-hydrogen) atoms. The second-order valence-corrected chi connectivity index (χ2v) is 9.61. The number of hydrogen-bond acceptors (Lipinski definition) is 4. The van der Waals surface area contributed by atoms with E-state index in [1.54, 1.807) is 29.7 Å². The van der Waals surface area contributed by atoms with Crippen molar-refractivity contribution in [3.05, 3.63) is 17.5 Å². The smallest absolute Gasteiger partial charge is 0.257 e. The van der Waals surface area contributed by atoms with Gasteiger partial charge >= 0.3 is 0 Å². The SMILES string of the molecule is C[C@H]1CCN(C(=O)c2cn(C)nc2C(C)(C)C)CCS1(=O)=O. The number of sulfone groups is 1. The van der Waals surface area contributed by atoms with Crippen LogP contribution in [0, 0.1) is 0 Å². The second kappa shape index (κ2) is 5.68. The molecule has 0 bridgehead atoms. The standard InChI is InChI=1S/C15H25N3O3S/c1-11-6-7-18(8-9-22(11,20)21)14(19)12-10-17(5)16-13(12)15(2,3)4/h10-11H,6-9H2,1-5H3/t11-/m0/s1. The van der Waals surface area contributed by atoms with E-state index in [-0.39, 0.29) is 28.9 Å². The Morgan fingerprint density at radius 3 is 2.55 bits per heavy atom. The summed E-state index contributed by atoms with van der Waals surface area (Å²) in [5.74, 6) is -0.0901. The first-order valence-corrected chi connectivity index (χ1v) is 9.29. The van der Waals surface area contributed by atoms with E-state index in [0.717, 1.165) is 5.69 Å². The van der Waals surface area contributed by atoms with Gasteiger partial charge in [0.05, 0.1) is 22.3 Å². The molecule has 2 rings (SSSR count). The van der Waals surface area contributed by atoms with Crippen LogP contribution in [0.25, 0.3) is 0 Å². The summed E-state index contributed by atoms with van der Waals surface area (Å²) in [4.78, 5) is 14.5. The zero-order chi connectivity index (χ0) is 16.7. The fourth-order valence-corrected chi connectivity index (χ4v) is 3.98. The zero-order valence-electron chi connectivity index (χ0n) is 14.0. The third-order valence-electron chi connectivity index (χ3n) is 4.12. The van der Waals surface area contributed by atoms with Crippen molar-refractivity contribution in [2.24, 2.45) is 7.05 Å². The van der Waals surface area contributed by atoms with Crippen molar-refractivity contribution >= 4 is 15.7 Å². The van der Waals surface area contributed by atoms with E-state index in [9.17, 15) is 13.2 Å². The van der Waals surface area contributed by atoms with Crippen molar-refractivity contribution in [1.82, 2.24) is 14.7 Å². The first-order chi connectivity index (χ1) is 10.0. The van der Waals surface area contributed by atoms with Gasteiger partial charge in [-0.25, -0.2) is 8.42 Å². The lowest BCUT2D eigenvalue weighted by atomic mass is 9.89. The lowest BCUT2D eigenvalue weighted by Crippen LogP contribution is -2.34. The molecule has 124 valence electrons. The Hall–Kier alpha value is -1.37. The van der Waals surface area contributed by atoms with Gasteiger partial charge < -0.3 is 4.90 Å². The molecule has 1 aliphatic heterocycles. The van der Waals surface area contributed by atoms with Gasteiger partial charge in [0.25, 0.3) is 5.91 Å². The average molecular weight is 327 g/mol. The molecule has 0 aliphatic carbocycles.